The van der Waals surface area contributed by atoms with E-state index in [0.717, 1.165) is 13.0 Å². The molecule has 1 unspecified atom stereocenters. The van der Waals surface area contributed by atoms with Gasteiger partial charge in [-0.25, -0.2) is 13.4 Å². The van der Waals surface area contributed by atoms with Gasteiger partial charge in [0, 0.05) is 19.3 Å². The van der Waals surface area contributed by atoms with E-state index in [-0.39, 0.29) is 18.2 Å². The van der Waals surface area contributed by atoms with E-state index in [9.17, 15) is 13.2 Å². The van der Waals surface area contributed by atoms with Crippen LogP contribution in [-0.4, -0.2) is 43.4 Å². The van der Waals surface area contributed by atoms with Crippen LogP contribution in [0.1, 0.15) is 36.5 Å². The molecule has 0 spiro atoms. The Bertz CT molecular complexity index is 601. The highest BCUT2D eigenvalue weighted by Crippen LogP contribution is 2.19. The van der Waals surface area contributed by atoms with Gasteiger partial charge >= 0.3 is 0 Å². The van der Waals surface area contributed by atoms with Gasteiger partial charge in [-0.3, -0.25) is 4.79 Å². The maximum atomic E-state index is 12.2. The van der Waals surface area contributed by atoms with Crippen molar-refractivity contribution in [2.45, 2.75) is 31.4 Å². The zero-order valence-corrected chi connectivity index (χ0v) is 12.9. The Morgan fingerprint density at radius 1 is 1.48 bits per heavy atom. The maximum Gasteiger partial charge on any atom is 0.255 e. The van der Waals surface area contributed by atoms with Crippen molar-refractivity contribution in [3.05, 3.63) is 23.9 Å². The van der Waals surface area contributed by atoms with Gasteiger partial charge in [-0.1, -0.05) is 6.92 Å². The summed E-state index contributed by atoms with van der Waals surface area (Å²) in [5, 5.41) is 5.36. The fourth-order valence-electron chi connectivity index (χ4n) is 2.36. The minimum absolute atomic E-state index is 0.170. The van der Waals surface area contributed by atoms with E-state index in [4.69, 9.17) is 0 Å². The van der Waals surface area contributed by atoms with Crippen molar-refractivity contribution in [1.29, 1.82) is 0 Å². The highest BCUT2D eigenvalue weighted by molar-refractivity contribution is 7.92. The molecule has 116 valence electrons. The third-order valence-corrected chi connectivity index (χ3v) is 5.82. The molecule has 0 aromatic carbocycles. The number of pyridine rings is 1. The number of aromatic nitrogens is 1. The Morgan fingerprint density at radius 2 is 2.29 bits per heavy atom. The average molecular weight is 311 g/mol. The van der Waals surface area contributed by atoms with Gasteiger partial charge in [0.05, 0.1) is 16.6 Å². The number of rotatable bonds is 6. The van der Waals surface area contributed by atoms with Crippen LogP contribution in [0.25, 0.3) is 0 Å². The summed E-state index contributed by atoms with van der Waals surface area (Å²) in [6.45, 7) is 2.93. The molecule has 0 radical (unpaired) electrons. The molecular weight excluding hydrogens is 290 g/mol. The number of anilines is 1. The number of carbonyl (C=O) groups is 1. The van der Waals surface area contributed by atoms with Gasteiger partial charge in [-0.2, -0.15) is 0 Å². The topological polar surface area (TPSA) is 88.2 Å². The lowest BCUT2D eigenvalue weighted by Crippen LogP contribution is -2.35. The molecule has 0 saturated carbocycles. The standard InChI is InChI=1S/C14H21N3O3S/c1-2-7-15-13-12(6-3-8-16-13)14(18)17-10-11-5-4-9-21(11,19)20/h3,6,8,11H,2,4-5,7,9-10H2,1H3,(H,15,16)(H,17,18). The first-order chi connectivity index (χ1) is 10.0. The first kappa shape index (κ1) is 15.8. The molecule has 1 aliphatic rings. The van der Waals surface area contributed by atoms with Crippen molar-refractivity contribution in [1.82, 2.24) is 10.3 Å². The van der Waals surface area contributed by atoms with E-state index >= 15 is 0 Å². The minimum atomic E-state index is -3.04. The molecular formula is C14H21N3O3S. The third kappa shape index (κ3) is 3.93. The van der Waals surface area contributed by atoms with Crippen LogP contribution in [0.3, 0.4) is 0 Å². The van der Waals surface area contributed by atoms with Gasteiger partial charge in [0.25, 0.3) is 5.91 Å². The first-order valence-electron chi connectivity index (χ1n) is 7.23. The Hall–Kier alpha value is -1.63. The fourth-order valence-corrected chi connectivity index (χ4v) is 4.13. The maximum absolute atomic E-state index is 12.2. The zero-order chi connectivity index (χ0) is 15.3. The lowest BCUT2D eigenvalue weighted by molar-refractivity contribution is 0.0954. The van der Waals surface area contributed by atoms with Crippen molar-refractivity contribution in [3.8, 4) is 0 Å². The molecule has 1 amide bonds. The predicted molar refractivity (Wildman–Crippen MR) is 82.2 cm³/mol. The number of carbonyl (C=O) groups excluding carboxylic acids is 1. The molecule has 0 aliphatic carbocycles. The molecule has 1 aromatic heterocycles. The number of hydrogen-bond acceptors (Lipinski definition) is 5. The number of nitrogens with one attached hydrogen (secondary N) is 2. The number of sulfone groups is 1. The highest BCUT2D eigenvalue weighted by atomic mass is 32.2. The molecule has 1 aromatic rings. The number of amides is 1. The molecule has 2 N–H and O–H groups in total. The fraction of sp³-hybridized carbons (Fsp3) is 0.571. The molecule has 1 aliphatic heterocycles. The van der Waals surface area contributed by atoms with Gasteiger partial charge < -0.3 is 10.6 Å². The number of nitrogens with zero attached hydrogens (tertiary/aromatic N) is 1. The van der Waals surface area contributed by atoms with Crippen LogP contribution < -0.4 is 10.6 Å². The Labute approximate surface area is 125 Å². The van der Waals surface area contributed by atoms with E-state index in [1.54, 1.807) is 18.3 Å². The summed E-state index contributed by atoms with van der Waals surface area (Å²) < 4.78 is 23.5. The van der Waals surface area contributed by atoms with E-state index in [1.165, 1.54) is 0 Å². The summed E-state index contributed by atoms with van der Waals surface area (Å²) in [6.07, 6.45) is 3.85. The second-order valence-corrected chi connectivity index (χ2v) is 7.57. The van der Waals surface area contributed by atoms with E-state index in [1.807, 2.05) is 6.92 Å². The van der Waals surface area contributed by atoms with Gasteiger partial charge in [-0.15, -0.1) is 0 Å². The van der Waals surface area contributed by atoms with Crippen LogP contribution in [0.5, 0.6) is 0 Å². The van der Waals surface area contributed by atoms with Gasteiger partial charge in [0.2, 0.25) is 0 Å². The quantitative estimate of drug-likeness (QED) is 0.824. The zero-order valence-electron chi connectivity index (χ0n) is 12.1. The molecule has 6 nitrogen and oxygen atoms in total. The lowest BCUT2D eigenvalue weighted by atomic mass is 10.2. The van der Waals surface area contributed by atoms with E-state index in [2.05, 4.69) is 15.6 Å². The monoisotopic (exact) mass is 311 g/mol. The summed E-state index contributed by atoms with van der Waals surface area (Å²) in [5.74, 6) is 0.471. The van der Waals surface area contributed by atoms with E-state index in [0.29, 0.717) is 24.2 Å². The van der Waals surface area contributed by atoms with Crippen LogP contribution >= 0.6 is 0 Å². The molecule has 2 rings (SSSR count). The third-order valence-electron chi connectivity index (χ3n) is 3.55. The second-order valence-electron chi connectivity index (χ2n) is 5.17. The van der Waals surface area contributed by atoms with Crippen molar-refractivity contribution >= 4 is 21.6 Å². The Morgan fingerprint density at radius 3 is 2.95 bits per heavy atom. The Kier molecular flexibility index (Phi) is 5.17. The smallest absolute Gasteiger partial charge is 0.255 e. The van der Waals surface area contributed by atoms with Crippen molar-refractivity contribution in [3.63, 3.8) is 0 Å². The van der Waals surface area contributed by atoms with Crippen LogP contribution in [0.4, 0.5) is 5.82 Å². The van der Waals surface area contributed by atoms with Crippen LogP contribution in [0.2, 0.25) is 0 Å². The molecule has 1 fully saturated rings. The molecule has 1 saturated heterocycles. The lowest BCUT2D eigenvalue weighted by Gasteiger charge is -2.13. The number of hydrogen-bond donors (Lipinski definition) is 2. The van der Waals surface area contributed by atoms with Crippen LogP contribution in [0.15, 0.2) is 18.3 Å². The second kappa shape index (κ2) is 6.89. The average Bonchev–Trinajstić information content (AvgIpc) is 2.81. The van der Waals surface area contributed by atoms with Crippen LogP contribution in [0, 0.1) is 0 Å². The van der Waals surface area contributed by atoms with Gasteiger partial charge in [0.1, 0.15) is 5.82 Å². The highest BCUT2D eigenvalue weighted by Gasteiger charge is 2.31. The molecule has 1 atom stereocenters. The molecule has 2 heterocycles. The van der Waals surface area contributed by atoms with E-state index < -0.39 is 15.1 Å². The SMILES string of the molecule is CCCNc1ncccc1C(=O)NCC1CCCS1(=O)=O. The largest absolute Gasteiger partial charge is 0.369 e. The summed E-state index contributed by atoms with van der Waals surface area (Å²) in [4.78, 5) is 16.4. The normalized spacial score (nSPS) is 20.1. The Balaban J connectivity index is 2.00. The molecule has 7 heteroatoms. The van der Waals surface area contributed by atoms with Crippen molar-refractivity contribution in [2.24, 2.45) is 0 Å². The van der Waals surface area contributed by atoms with Crippen LogP contribution in [-0.2, 0) is 9.84 Å². The van der Waals surface area contributed by atoms with Crippen molar-refractivity contribution < 1.29 is 13.2 Å². The summed E-state index contributed by atoms with van der Waals surface area (Å²) in [7, 11) is -3.04. The summed E-state index contributed by atoms with van der Waals surface area (Å²) in [5.41, 5.74) is 0.446. The van der Waals surface area contributed by atoms with Gasteiger partial charge in [0.15, 0.2) is 9.84 Å². The summed E-state index contributed by atoms with van der Waals surface area (Å²) >= 11 is 0. The van der Waals surface area contributed by atoms with Gasteiger partial charge in [-0.05, 0) is 31.4 Å². The summed E-state index contributed by atoms with van der Waals surface area (Å²) in [6, 6.07) is 3.38. The minimum Gasteiger partial charge on any atom is -0.369 e. The molecule has 21 heavy (non-hydrogen) atoms. The first-order valence-corrected chi connectivity index (χ1v) is 8.95. The van der Waals surface area contributed by atoms with Crippen molar-refractivity contribution in [2.75, 3.05) is 24.2 Å². The molecule has 0 bridgehead atoms. The predicted octanol–water partition coefficient (Wildman–Crippen LogP) is 1.21.